The zero-order valence-corrected chi connectivity index (χ0v) is 10.4. The second-order valence-electron chi connectivity index (χ2n) is 4.69. The van der Waals surface area contributed by atoms with Crippen molar-refractivity contribution >= 4 is 5.91 Å². The summed E-state index contributed by atoms with van der Waals surface area (Å²) in [5.74, 6) is -0.116. The van der Waals surface area contributed by atoms with Gasteiger partial charge in [-0.2, -0.15) is 5.10 Å². The van der Waals surface area contributed by atoms with Crippen LogP contribution >= 0.6 is 0 Å². The normalized spacial score (nSPS) is 27.9. The maximum absolute atomic E-state index is 12.4. The molecule has 0 radical (unpaired) electrons. The van der Waals surface area contributed by atoms with Gasteiger partial charge in [-0.25, -0.2) is 5.06 Å². The SMILES string of the molecule is Cn1nccc1[C@@H]1OCC[C@H]1C(=O)N1CCCO1. The quantitative estimate of drug-likeness (QED) is 0.775. The van der Waals surface area contributed by atoms with E-state index in [2.05, 4.69) is 5.10 Å². The average Bonchev–Trinajstić information content (AvgIpc) is 3.09. The van der Waals surface area contributed by atoms with Crippen LogP contribution in [0.4, 0.5) is 0 Å². The first-order chi connectivity index (χ1) is 8.77. The van der Waals surface area contributed by atoms with Crippen LogP contribution < -0.4 is 0 Å². The summed E-state index contributed by atoms with van der Waals surface area (Å²) in [7, 11) is 1.87. The molecule has 0 unspecified atom stereocenters. The Morgan fingerprint density at radius 2 is 2.39 bits per heavy atom. The average molecular weight is 251 g/mol. The molecule has 0 saturated carbocycles. The Hall–Kier alpha value is -1.40. The van der Waals surface area contributed by atoms with Gasteiger partial charge in [0.15, 0.2) is 0 Å². The van der Waals surface area contributed by atoms with Gasteiger partial charge >= 0.3 is 0 Å². The van der Waals surface area contributed by atoms with Gasteiger partial charge in [0.25, 0.3) is 5.91 Å². The molecule has 2 saturated heterocycles. The number of nitrogens with zero attached hydrogens (tertiary/aromatic N) is 3. The Kier molecular flexibility index (Phi) is 3.05. The number of hydrogen-bond donors (Lipinski definition) is 0. The third-order valence-electron chi connectivity index (χ3n) is 3.56. The van der Waals surface area contributed by atoms with Crippen LogP contribution in [0.2, 0.25) is 0 Å². The van der Waals surface area contributed by atoms with E-state index in [4.69, 9.17) is 9.57 Å². The molecule has 2 aliphatic heterocycles. The van der Waals surface area contributed by atoms with Crippen molar-refractivity contribution in [1.82, 2.24) is 14.8 Å². The zero-order valence-electron chi connectivity index (χ0n) is 10.4. The van der Waals surface area contributed by atoms with Crippen LogP contribution in [0.25, 0.3) is 0 Å². The van der Waals surface area contributed by atoms with E-state index in [0.29, 0.717) is 19.8 Å². The van der Waals surface area contributed by atoms with Crippen LogP contribution in [0.1, 0.15) is 24.6 Å². The number of aryl methyl sites for hydroxylation is 1. The smallest absolute Gasteiger partial charge is 0.252 e. The fourth-order valence-corrected chi connectivity index (χ4v) is 2.60. The highest BCUT2D eigenvalue weighted by molar-refractivity contribution is 5.79. The first-order valence-corrected chi connectivity index (χ1v) is 6.31. The van der Waals surface area contributed by atoms with Crippen LogP contribution in [0, 0.1) is 5.92 Å². The van der Waals surface area contributed by atoms with Crippen molar-refractivity contribution in [2.75, 3.05) is 19.8 Å². The lowest BCUT2D eigenvalue weighted by Crippen LogP contribution is -2.34. The number of hydrogen-bond acceptors (Lipinski definition) is 4. The van der Waals surface area contributed by atoms with Crippen LogP contribution in [-0.4, -0.2) is 40.5 Å². The highest BCUT2D eigenvalue weighted by Crippen LogP contribution is 2.35. The van der Waals surface area contributed by atoms with E-state index < -0.39 is 0 Å². The van der Waals surface area contributed by atoms with Crippen molar-refractivity contribution in [2.24, 2.45) is 13.0 Å². The van der Waals surface area contributed by atoms with Gasteiger partial charge in [0, 0.05) is 19.9 Å². The molecule has 1 amide bonds. The molecule has 18 heavy (non-hydrogen) atoms. The van der Waals surface area contributed by atoms with E-state index in [9.17, 15) is 4.79 Å². The maximum atomic E-state index is 12.4. The Morgan fingerprint density at radius 1 is 1.50 bits per heavy atom. The second-order valence-corrected chi connectivity index (χ2v) is 4.69. The van der Waals surface area contributed by atoms with Gasteiger partial charge in [0.2, 0.25) is 0 Å². The van der Waals surface area contributed by atoms with E-state index in [0.717, 1.165) is 18.5 Å². The number of carbonyl (C=O) groups is 1. The van der Waals surface area contributed by atoms with Gasteiger partial charge in [0.1, 0.15) is 6.10 Å². The van der Waals surface area contributed by atoms with E-state index in [-0.39, 0.29) is 17.9 Å². The van der Waals surface area contributed by atoms with E-state index in [1.165, 1.54) is 5.06 Å². The highest BCUT2D eigenvalue weighted by atomic mass is 16.7. The van der Waals surface area contributed by atoms with Crippen LogP contribution in [0.5, 0.6) is 0 Å². The summed E-state index contributed by atoms with van der Waals surface area (Å²) < 4.78 is 7.47. The molecule has 6 heteroatoms. The third kappa shape index (κ3) is 1.91. The van der Waals surface area contributed by atoms with Crippen molar-refractivity contribution in [3.8, 4) is 0 Å². The molecular weight excluding hydrogens is 234 g/mol. The molecule has 2 aliphatic rings. The topological polar surface area (TPSA) is 56.6 Å². The molecule has 0 N–H and O–H groups in total. The van der Waals surface area contributed by atoms with Crippen molar-refractivity contribution in [1.29, 1.82) is 0 Å². The van der Waals surface area contributed by atoms with Crippen LogP contribution in [0.3, 0.4) is 0 Å². The molecule has 2 fully saturated rings. The Labute approximate surface area is 105 Å². The van der Waals surface area contributed by atoms with E-state index in [1.54, 1.807) is 10.9 Å². The molecule has 3 heterocycles. The predicted octanol–water partition coefficient (Wildman–Crippen LogP) is 0.662. The molecule has 1 aromatic rings. The summed E-state index contributed by atoms with van der Waals surface area (Å²) in [4.78, 5) is 17.7. The summed E-state index contributed by atoms with van der Waals surface area (Å²) in [6, 6.07) is 1.90. The lowest BCUT2D eigenvalue weighted by molar-refractivity contribution is -0.175. The molecule has 0 bridgehead atoms. The van der Waals surface area contributed by atoms with Gasteiger partial charge in [0.05, 0.1) is 24.8 Å². The molecule has 3 rings (SSSR count). The Balaban J connectivity index is 1.79. The first-order valence-electron chi connectivity index (χ1n) is 6.31. The summed E-state index contributed by atoms with van der Waals surface area (Å²) in [6.45, 7) is 1.93. The maximum Gasteiger partial charge on any atom is 0.252 e. The second kappa shape index (κ2) is 4.70. The Bertz CT molecular complexity index is 440. The molecule has 1 aromatic heterocycles. The van der Waals surface area contributed by atoms with E-state index in [1.807, 2.05) is 13.1 Å². The van der Waals surface area contributed by atoms with Crippen molar-refractivity contribution < 1.29 is 14.4 Å². The number of hydroxylamine groups is 2. The van der Waals surface area contributed by atoms with Crippen LogP contribution in [0.15, 0.2) is 12.3 Å². The van der Waals surface area contributed by atoms with Gasteiger partial charge in [-0.05, 0) is 18.9 Å². The molecule has 98 valence electrons. The van der Waals surface area contributed by atoms with Crippen molar-refractivity contribution in [2.45, 2.75) is 18.9 Å². The number of carbonyl (C=O) groups excluding carboxylic acids is 1. The summed E-state index contributed by atoms with van der Waals surface area (Å²) >= 11 is 0. The fourth-order valence-electron chi connectivity index (χ4n) is 2.60. The summed E-state index contributed by atoms with van der Waals surface area (Å²) in [5, 5.41) is 5.62. The number of ether oxygens (including phenoxy) is 1. The molecule has 0 spiro atoms. The molecule has 6 nitrogen and oxygen atoms in total. The minimum atomic E-state index is -0.200. The lowest BCUT2D eigenvalue weighted by Gasteiger charge is -2.22. The van der Waals surface area contributed by atoms with Crippen molar-refractivity contribution in [3.63, 3.8) is 0 Å². The third-order valence-corrected chi connectivity index (χ3v) is 3.56. The van der Waals surface area contributed by atoms with Gasteiger partial charge < -0.3 is 4.74 Å². The van der Waals surface area contributed by atoms with E-state index >= 15 is 0 Å². The molecule has 0 aromatic carbocycles. The minimum absolute atomic E-state index is 0.0381. The molecule has 0 aliphatic carbocycles. The lowest BCUT2D eigenvalue weighted by atomic mass is 9.98. The minimum Gasteiger partial charge on any atom is -0.371 e. The highest BCUT2D eigenvalue weighted by Gasteiger charge is 2.40. The first kappa shape index (κ1) is 11.7. The number of amides is 1. The molecular formula is C12H17N3O3. The number of rotatable bonds is 2. The van der Waals surface area contributed by atoms with Gasteiger partial charge in [-0.15, -0.1) is 0 Å². The largest absolute Gasteiger partial charge is 0.371 e. The van der Waals surface area contributed by atoms with Gasteiger partial charge in [-0.1, -0.05) is 0 Å². The standard InChI is InChI=1S/C12H17N3O3/c1-14-10(3-5-13-14)11-9(4-8-17-11)12(16)15-6-2-7-18-15/h3,5,9,11H,2,4,6-8H2,1H3/t9-,11-/m1/s1. The Morgan fingerprint density at radius 3 is 3.06 bits per heavy atom. The monoisotopic (exact) mass is 251 g/mol. The summed E-state index contributed by atoms with van der Waals surface area (Å²) in [5.41, 5.74) is 0.949. The number of aromatic nitrogens is 2. The van der Waals surface area contributed by atoms with Crippen LogP contribution in [-0.2, 0) is 21.4 Å². The fraction of sp³-hybridized carbons (Fsp3) is 0.667. The molecule has 2 atom stereocenters. The van der Waals surface area contributed by atoms with Gasteiger partial charge in [-0.3, -0.25) is 14.3 Å². The predicted molar refractivity (Wildman–Crippen MR) is 62.3 cm³/mol. The summed E-state index contributed by atoms with van der Waals surface area (Å²) in [6.07, 6.45) is 3.18. The van der Waals surface area contributed by atoms with Crippen molar-refractivity contribution in [3.05, 3.63) is 18.0 Å². The zero-order chi connectivity index (χ0) is 12.5.